The summed E-state index contributed by atoms with van der Waals surface area (Å²) in [5.41, 5.74) is 0.774. The first-order chi connectivity index (χ1) is 7.20. The monoisotopic (exact) mass is 264 g/mol. The molecule has 0 aromatic carbocycles. The minimum Gasteiger partial charge on any atom is -0.269 e. The highest BCUT2D eigenvalue weighted by Crippen LogP contribution is 2.15. The Kier molecular flexibility index (Phi) is 2.68. The molecule has 0 fully saturated rings. The van der Waals surface area contributed by atoms with Gasteiger partial charge in [-0.25, -0.2) is 4.98 Å². The Bertz CT molecular complexity index is 534. The fourth-order valence-electron chi connectivity index (χ4n) is 1.38. The van der Waals surface area contributed by atoms with Crippen molar-refractivity contribution in [3.05, 3.63) is 57.0 Å². The van der Waals surface area contributed by atoms with Gasteiger partial charge in [-0.15, -0.1) is 0 Å². The Balaban J connectivity index is 2.73. The van der Waals surface area contributed by atoms with Gasteiger partial charge in [-0.3, -0.25) is 9.36 Å². The van der Waals surface area contributed by atoms with Crippen molar-refractivity contribution in [1.82, 2.24) is 9.55 Å². The summed E-state index contributed by atoms with van der Waals surface area (Å²) >= 11 is 3.39. The average molecular weight is 265 g/mol. The molecule has 0 amide bonds. The van der Waals surface area contributed by atoms with Crippen molar-refractivity contribution in [3.63, 3.8) is 0 Å². The first-order valence-electron chi connectivity index (χ1n) is 4.50. The highest BCUT2D eigenvalue weighted by molar-refractivity contribution is 9.10. The smallest absolute Gasteiger partial charge is 0.256 e. The van der Waals surface area contributed by atoms with Gasteiger partial charge in [0.05, 0.1) is 0 Å². The Hall–Kier alpha value is -1.42. The molecule has 2 heterocycles. The lowest BCUT2D eigenvalue weighted by molar-refractivity contribution is 0.889. The fourth-order valence-corrected chi connectivity index (χ4v) is 1.69. The van der Waals surface area contributed by atoms with E-state index in [4.69, 9.17) is 0 Å². The van der Waals surface area contributed by atoms with E-state index in [9.17, 15) is 4.79 Å². The van der Waals surface area contributed by atoms with Crippen molar-refractivity contribution >= 4 is 15.9 Å². The molecule has 4 heteroatoms. The first kappa shape index (κ1) is 10.1. The van der Waals surface area contributed by atoms with E-state index in [1.165, 1.54) is 6.07 Å². The van der Waals surface area contributed by atoms with Gasteiger partial charge in [-0.2, -0.15) is 0 Å². The van der Waals surface area contributed by atoms with E-state index < -0.39 is 0 Å². The van der Waals surface area contributed by atoms with Gasteiger partial charge >= 0.3 is 0 Å². The summed E-state index contributed by atoms with van der Waals surface area (Å²) in [5, 5.41) is 0. The maximum atomic E-state index is 11.7. The molecular weight excluding hydrogens is 256 g/mol. The topological polar surface area (TPSA) is 34.9 Å². The van der Waals surface area contributed by atoms with Crippen LogP contribution in [-0.4, -0.2) is 9.55 Å². The summed E-state index contributed by atoms with van der Waals surface area (Å²) in [6.45, 7) is 1.88. The molecular formula is C11H9BrN2O. The number of hydrogen-bond acceptors (Lipinski definition) is 2. The predicted octanol–water partition coefficient (Wildman–Crippen LogP) is 2.30. The maximum Gasteiger partial charge on any atom is 0.256 e. The molecule has 76 valence electrons. The quantitative estimate of drug-likeness (QED) is 0.793. The van der Waals surface area contributed by atoms with Crippen LogP contribution in [0.1, 0.15) is 5.69 Å². The van der Waals surface area contributed by atoms with Gasteiger partial charge in [0.25, 0.3) is 5.56 Å². The van der Waals surface area contributed by atoms with E-state index in [1.54, 1.807) is 22.9 Å². The van der Waals surface area contributed by atoms with Crippen LogP contribution in [0.3, 0.4) is 0 Å². The maximum absolute atomic E-state index is 11.7. The number of hydrogen-bond donors (Lipinski definition) is 0. The highest BCUT2D eigenvalue weighted by Gasteiger charge is 2.06. The van der Waals surface area contributed by atoms with Crippen molar-refractivity contribution in [3.8, 4) is 5.82 Å². The van der Waals surface area contributed by atoms with Gasteiger partial charge in [-0.05, 0) is 41.1 Å². The first-order valence-corrected chi connectivity index (χ1v) is 5.29. The van der Waals surface area contributed by atoms with Crippen LogP contribution in [-0.2, 0) is 0 Å². The Labute approximate surface area is 95.5 Å². The summed E-state index contributed by atoms with van der Waals surface area (Å²) in [7, 11) is 0. The zero-order valence-electron chi connectivity index (χ0n) is 8.14. The molecule has 0 aliphatic carbocycles. The third-order valence-electron chi connectivity index (χ3n) is 2.15. The number of halogens is 1. The molecule has 2 rings (SSSR count). The zero-order chi connectivity index (χ0) is 10.8. The van der Waals surface area contributed by atoms with Crippen LogP contribution in [0.5, 0.6) is 0 Å². The Morgan fingerprint density at radius 2 is 2.07 bits per heavy atom. The molecule has 2 aromatic heterocycles. The average Bonchev–Trinajstić information content (AvgIpc) is 2.26. The fraction of sp³-hybridized carbons (Fsp3) is 0.0909. The molecule has 0 spiro atoms. The summed E-state index contributed by atoms with van der Waals surface area (Å²) in [4.78, 5) is 15.8. The summed E-state index contributed by atoms with van der Waals surface area (Å²) in [5.74, 6) is 0.640. The predicted molar refractivity (Wildman–Crippen MR) is 62.3 cm³/mol. The second-order valence-corrected chi connectivity index (χ2v) is 3.98. The van der Waals surface area contributed by atoms with Crippen LogP contribution in [0.4, 0.5) is 0 Å². The minimum absolute atomic E-state index is 0.0746. The van der Waals surface area contributed by atoms with Gasteiger partial charge in [-0.1, -0.05) is 6.07 Å². The van der Waals surface area contributed by atoms with Crippen LogP contribution < -0.4 is 5.56 Å². The van der Waals surface area contributed by atoms with Crippen molar-refractivity contribution in [2.45, 2.75) is 6.92 Å². The summed E-state index contributed by atoms with van der Waals surface area (Å²) in [6, 6.07) is 8.75. The number of aromatic nitrogens is 2. The molecule has 0 unspecified atom stereocenters. The molecule has 0 radical (unpaired) electrons. The Morgan fingerprint density at radius 3 is 2.73 bits per heavy atom. The molecule has 0 N–H and O–H groups in total. The SMILES string of the molecule is Cc1c(Br)ccc(=O)n1-c1ccccn1. The van der Waals surface area contributed by atoms with Crippen LogP contribution in [0.25, 0.3) is 5.82 Å². The van der Waals surface area contributed by atoms with E-state index in [1.807, 2.05) is 19.1 Å². The van der Waals surface area contributed by atoms with Crippen molar-refractivity contribution in [2.75, 3.05) is 0 Å². The molecule has 0 bridgehead atoms. The van der Waals surface area contributed by atoms with Crippen molar-refractivity contribution in [1.29, 1.82) is 0 Å². The second kappa shape index (κ2) is 3.98. The second-order valence-electron chi connectivity index (χ2n) is 3.13. The lowest BCUT2D eigenvalue weighted by atomic mass is 10.3. The van der Waals surface area contributed by atoms with Gasteiger partial charge in [0, 0.05) is 22.4 Å². The lowest BCUT2D eigenvalue weighted by Gasteiger charge is -2.09. The van der Waals surface area contributed by atoms with Gasteiger partial charge < -0.3 is 0 Å². The molecule has 15 heavy (non-hydrogen) atoms. The minimum atomic E-state index is -0.0746. The number of rotatable bonds is 1. The molecule has 0 aliphatic heterocycles. The summed E-state index contributed by atoms with van der Waals surface area (Å²) < 4.78 is 2.47. The standard InChI is InChI=1S/C11H9BrN2O/c1-8-9(12)5-6-11(15)14(8)10-4-2-3-7-13-10/h2-7H,1H3. The van der Waals surface area contributed by atoms with Gasteiger partial charge in [0.15, 0.2) is 0 Å². The van der Waals surface area contributed by atoms with Crippen LogP contribution in [0, 0.1) is 6.92 Å². The van der Waals surface area contributed by atoms with E-state index in [0.29, 0.717) is 5.82 Å². The molecule has 0 saturated carbocycles. The van der Waals surface area contributed by atoms with Crippen LogP contribution >= 0.6 is 15.9 Å². The highest BCUT2D eigenvalue weighted by atomic mass is 79.9. The molecule has 0 atom stereocenters. The summed E-state index contributed by atoms with van der Waals surface area (Å²) in [6.07, 6.45) is 1.67. The third-order valence-corrected chi connectivity index (χ3v) is 2.99. The number of pyridine rings is 2. The van der Waals surface area contributed by atoms with Crippen LogP contribution in [0.2, 0.25) is 0 Å². The van der Waals surface area contributed by atoms with E-state index >= 15 is 0 Å². The Morgan fingerprint density at radius 1 is 1.27 bits per heavy atom. The third kappa shape index (κ3) is 1.85. The van der Waals surface area contributed by atoms with E-state index in [0.717, 1.165) is 10.2 Å². The zero-order valence-corrected chi connectivity index (χ0v) is 9.73. The number of nitrogens with zero attached hydrogens (tertiary/aromatic N) is 2. The van der Waals surface area contributed by atoms with Crippen molar-refractivity contribution in [2.24, 2.45) is 0 Å². The van der Waals surface area contributed by atoms with E-state index in [-0.39, 0.29) is 5.56 Å². The normalized spacial score (nSPS) is 10.3. The molecule has 0 aliphatic rings. The molecule has 2 aromatic rings. The largest absolute Gasteiger partial charge is 0.269 e. The van der Waals surface area contributed by atoms with Gasteiger partial charge in [0.1, 0.15) is 5.82 Å². The lowest BCUT2D eigenvalue weighted by Crippen LogP contribution is -2.20. The van der Waals surface area contributed by atoms with Gasteiger partial charge in [0.2, 0.25) is 0 Å². The van der Waals surface area contributed by atoms with Crippen molar-refractivity contribution < 1.29 is 0 Å². The van der Waals surface area contributed by atoms with E-state index in [2.05, 4.69) is 20.9 Å². The van der Waals surface area contributed by atoms with Crippen LogP contribution in [0.15, 0.2) is 45.8 Å². The molecule has 3 nitrogen and oxygen atoms in total. The molecule has 0 saturated heterocycles.